The maximum Gasteiger partial charge on any atom is 0.191 e. The van der Waals surface area contributed by atoms with E-state index in [0.29, 0.717) is 19.0 Å². The van der Waals surface area contributed by atoms with Crippen molar-refractivity contribution in [3.63, 3.8) is 0 Å². The normalized spacial score (nSPS) is 12.5. The summed E-state index contributed by atoms with van der Waals surface area (Å²) in [5.74, 6) is 0.710. The number of benzene rings is 1. The average molecular weight is 467 g/mol. The Bertz CT molecular complexity index is 626. The van der Waals surface area contributed by atoms with Crippen molar-refractivity contribution in [3.8, 4) is 0 Å². The number of aliphatic imine (C=N–C) groups is 1. The summed E-state index contributed by atoms with van der Waals surface area (Å²) in [6.07, 6.45) is 2.27. The van der Waals surface area contributed by atoms with Gasteiger partial charge in [-0.25, -0.2) is 8.42 Å². The van der Waals surface area contributed by atoms with Gasteiger partial charge in [0, 0.05) is 31.8 Å². The molecule has 1 rings (SSSR count). The van der Waals surface area contributed by atoms with Gasteiger partial charge < -0.3 is 10.6 Å². The van der Waals surface area contributed by atoms with Crippen molar-refractivity contribution in [1.82, 2.24) is 10.6 Å². The van der Waals surface area contributed by atoms with E-state index in [1.807, 2.05) is 0 Å². The minimum Gasteiger partial charge on any atom is -0.356 e. The number of aryl methyl sites for hydroxylation is 1. The van der Waals surface area contributed by atoms with Crippen molar-refractivity contribution < 1.29 is 8.42 Å². The molecule has 0 saturated heterocycles. The van der Waals surface area contributed by atoms with Crippen LogP contribution in [0.5, 0.6) is 0 Å². The standard InChI is InChI=1S/C17H29N3O2S.HI/c1-6-14-7-9-15(10-8-14)17(2,3)13-20-16(18-4)19-11-12-23(5,21)22;/h7-10H,6,11-13H2,1-5H3,(H2,18,19,20);1H. The van der Waals surface area contributed by atoms with Crippen LogP contribution in [0.4, 0.5) is 0 Å². The lowest BCUT2D eigenvalue weighted by Gasteiger charge is -2.27. The average Bonchev–Trinajstić information content (AvgIpc) is 2.49. The van der Waals surface area contributed by atoms with E-state index < -0.39 is 9.84 Å². The van der Waals surface area contributed by atoms with Gasteiger partial charge in [0.1, 0.15) is 9.84 Å². The van der Waals surface area contributed by atoms with E-state index in [9.17, 15) is 8.42 Å². The van der Waals surface area contributed by atoms with E-state index in [1.54, 1.807) is 7.05 Å². The first kappa shape index (κ1) is 23.2. The number of sulfone groups is 1. The third-order valence-electron chi connectivity index (χ3n) is 3.83. The minimum absolute atomic E-state index is 0. The summed E-state index contributed by atoms with van der Waals surface area (Å²) >= 11 is 0. The summed E-state index contributed by atoms with van der Waals surface area (Å²) in [6.45, 7) is 7.55. The number of hydrogen-bond acceptors (Lipinski definition) is 3. The first-order valence-electron chi connectivity index (χ1n) is 7.89. The van der Waals surface area contributed by atoms with Crippen LogP contribution < -0.4 is 10.6 Å². The lowest BCUT2D eigenvalue weighted by atomic mass is 9.84. The predicted molar refractivity (Wildman–Crippen MR) is 113 cm³/mol. The lowest BCUT2D eigenvalue weighted by molar-refractivity contribution is 0.509. The number of hydrogen-bond donors (Lipinski definition) is 2. The first-order chi connectivity index (χ1) is 10.7. The summed E-state index contributed by atoms with van der Waals surface area (Å²) in [4.78, 5) is 4.13. The molecule has 2 N–H and O–H groups in total. The van der Waals surface area contributed by atoms with E-state index in [4.69, 9.17) is 0 Å². The Labute approximate surface area is 163 Å². The molecule has 0 aromatic heterocycles. The van der Waals surface area contributed by atoms with E-state index in [2.05, 4.69) is 60.7 Å². The number of nitrogens with zero attached hydrogens (tertiary/aromatic N) is 1. The zero-order valence-electron chi connectivity index (χ0n) is 15.2. The highest BCUT2D eigenvalue weighted by Crippen LogP contribution is 2.22. The molecule has 0 atom stereocenters. The zero-order valence-corrected chi connectivity index (χ0v) is 18.4. The number of guanidine groups is 1. The van der Waals surface area contributed by atoms with Crippen LogP contribution >= 0.6 is 24.0 Å². The molecule has 0 aliphatic carbocycles. The van der Waals surface area contributed by atoms with Gasteiger partial charge in [-0.3, -0.25) is 4.99 Å². The van der Waals surface area contributed by atoms with Crippen LogP contribution in [0.3, 0.4) is 0 Å². The molecule has 138 valence electrons. The van der Waals surface area contributed by atoms with Gasteiger partial charge >= 0.3 is 0 Å². The van der Waals surface area contributed by atoms with Gasteiger partial charge in [-0.1, -0.05) is 45.0 Å². The van der Waals surface area contributed by atoms with E-state index in [1.165, 1.54) is 17.4 Å². The van der Waals surface area contributed by atoms with Crippen molar-refractivity contribution >= 4 is 39.8 Å². The van der Waals surface area contributed by atoms with Gasteiger partial charge in [0.25, 0.3) is 0 Å². The summed E-state index contributed by atoms with van der Waals surface area (Å²) in [5.41, 5.74) is 2.53. The van der Waals surface area contributed by atoms with Crippen molar-refractivity contribution in [1.29, 1.82) is 0 Å². The molecule has 0 unspecified atom stereocenters. The Morgan fingerprint density at radius 3 is 2.21 bits per heavy atom. The number of rotatable bonds is 7. The van der Waals surface area contributed by atoms with Gasteiger partial charge in [-0.15, -0.1) is 24.0 Å². The van der Waals surface area contributed by atoms with Crippen LogP contribution in [0.15, 0.2) is 29.3 Å². The second-order valence-corrected chi connectivity index (χ2v) is 8.68. The van der Waals surface area contributed by atoms with Gasteiger partial charge in [0.15, 0.2) is 5.96 Å². The Balaban J connectivity index is 0.00000529. The number of halogens is 1. The van der Waals surface area contributed by atoms with Crippen LogP contribution in [0.2, 0.25) is 0 Å². The van der Waals surface area contributed by atoms with Crippen LogP contribution in [0.1, 0.15) is 31.9 Å². The van der Waals surface area contributed by atoms with Crippen LogP contribution in [-0.4, -0.2) is 46.5 Å². The molecule has 0 bridgehead atoms. The second kappa shape index (κ2) is 10.2. The molecule has 0 spiro atoms. The largest absolute Gasteiger partial charge is 0.356 e. The molecule has 0 radical (unpaired) electrons. The molecule has 0 heterocycles. The van der Waals surface area contributed by atoms with Crippen LogP contribution in [-0.2, 0) is 21.7 Å². The molecule has 0 saturated carbocycles. The highest BCUT2D eigenvalue weighted by Gasteiger charge is 2.20. The van der Waals surface area contributed by atoms with Crippen molar-refractivity contribution in [2.75, 3.05) is 32.1 Å². The van der Waals surface area contributed by atoms with Crippen molar-refractivity contribution in [3.05, 3.63) is 35.4 Å². The Morgan fingerprint density at radius 1 is 1.17 bits per heavy atom. The second-order valence-electron chi connectivity index (χ2n) is 6.42. The quantitative estimate of drug-likeness (QED) is 0.367. The van der Waals surface area contributed by atoms with Crippen LogP contribution in [0.25, 0.3) is 0 Å². The topological polar surface area (TPSA) is 70.6 Å². The van der Waals surface area contributed by atoms with Gasteiger partial charge in [0.2, 0.25) is 0 Å². The highest BCUT2D eigenvalue weighted by atomic mass is 127. The maximum atomic E-state index is 11.2. The molecule has 24 heavy (non-hydrogen) atoms. The Kier molecular flexibility index (Phi) is 9.87. The maximum absolute atomic E-state index is 11.2. The SMILES string of the molecule is CCc1ccc(C(C)(C)CNC(=NC)NCCS(C)(=O)=O)cc1.I. The third-order valence-corrected chi connectivity index (χ3v) is 4.78. The van der Waals surface area contributed by atoms with Crippen molar-refractivity contribution in [2.24, 2.45) is 4.99 Å². The third kappa shape index (κ3) is 8.32. The fraction of sp³-hybridized carbons (Fsp3) is 0.588. The Morgan fingerprint density at radius 2 is 1.75 bits per heavy atom. The molecular weight excluding hydrogens is 437 g/mol. The van der Waals surface area contributed by atoms with E-state index in [0.717, 1.165) is 6.42 Å². The fourth-order valence-electron chi connectivity index (χ4n) is 2.17. The van der Waals surface area contributed by atoms with Gasteiger partial charge in [-0.2, -0.15) is 0 Å². The predicted octanol–water partition coefficient (Wildman–Crippen LogP) is 2.35. The molecule has 0 aliphatic heterocycles. The molecule has 0 aliphatic rings. The molecular formula is C17H30IN3O2S. The zero-order chi connectivity index (χ0) is 17.5. The summed E-state index contributed by atoms with van der Waals surface area (Å²) in [6, 6.07) is 8.66. The minimum atomic E-state index is -2.97. The lowest BCUT2D eigenvalue weighted by Crippen LogP contribution is -2.44. The van der Waals surface area contributed by atoms with E-state index >= 15 is 0 Å². The number of nitrogens with one attached hydrogen (secondary N) is 2. The van der Waals surface area contributed by atoms with Gasteiger partial charge in [0.05, 0.1) is 5.75 Å². The molecule has 7 heteroatoms. The Hall–Kier alpha value is -0.830. The molecule has 1 aromatic rings. The molecule has 1 aromatic carbocycles. The summed E-state index contributed by atoms with van der Waals surface area (Å²) < 4.78 is 22.3. The fourth-order valence-corrected chi connectivity index (χ4v) is 2.65. The first-order valence-corrected chi connectivity index (χ1v) is 9.95. The molecule has 0 fully saturated rings. The van der Waals surface area contributed by atoms with Gasteiger partial charge in [-0.05, 0) is 17.5 Å². The molecule has 5 nitrogen and oxygen atoms in total. The smallest absolute Gasteiger partial charge is 0.191 e. The summed E-state index contributed by atoms with van der Waals surface area (Å²) in [7, 11) is -1.29. The van der Waals surface area contributed by atoms with Crippen LogP contribution in [0, 0.1) is 0 Å². The molecule has 0 amide bonds. The van der Waals surface area contributed by atoms with Crippen molar-refractivity contribution in [2.45, 2.75) is 32.6 Å². The highest BCUT2D eigenvalue weighted by molar-refractivity contribution is 14.0. The van der Waals surface area contributed by atoms with E-state index in [-0.39, 0.29) is 35.1 Å². The summed E-state index contributed by atoms with van der Waals surface area (Å²) in [5, 5.41) is 6.30. The monoisotopic (exact) mass is 467 g/mol.